The molecule has 33 heavy (non-hydrogen) atoms. The Hall–Kier alpha value is -2.47. The monoisotopic (exact) mass is 478 g/mol. The molecule has 1 atom stereocenters. The molecule has 0 N–H and O–H groups in total. The lowest BCUT2D eigenvalue weighted by Gasteiger charge is -2.19. The lowest BCUT2D eigenvalue weighted by atomic mass is 10.1. The minimum absolute atomic E-state index is 0.152. The van der Waals surface area contributed by atoms with Crippen molar-refractivity contribution >= 4 is 34.3 Å². The maximum Gasteiger partial charge on any atom is 0.306 e. The second-order valence-electron chi connectivity index (χ2n) is 8.94. The van der Waals surface area contributed by atoms with Crippen molar-refractivity contribution in [3.8, 4) is 11.5 Å². The zero-order chi connectivity index (χ0) is 24.3. The highest BCUT2D eigenvalue weighted by atomic mass is 35.5. The van der Waals surface area contributed by atoms with Crippen molar-refractivity contribution < 1.29 is 28.5 Å². The summed E-state index contributed by atoms with van der Waals surface area (Å²) < 4.78 is 22.1. The first-order valence-corrected chi connectivity index (χ1v) is 11.9. The first-order valence-electron chi connectivity index (χ1n) is 11.4. The van der Waals surface area contributed by atoms with Gasteiger partial charge in [-0.05, 0) is 75.1 Å². The van der Waals surface area contributed by atoms with Gasteiger partial charge < -0.3 is 18.9 Å². The van der Waals surface area contributed by atoms with E-state index in [4.69, 9.17) is 30.5 Å². The fourth-order valence-electron chi connectivity index (χ4n) is 3.22. The molecule has 0 aromatic heterocycles. The molecular formula is C26H35ClO6. The summed E-state index contributed by atoms with van der Waals surface area (Å²) in [7, 11) is 0. The summed E-state index contributed by atoms with van der Waals surface area (Å²) in [4.78, 5) is 22.8. The summed E-state index contributed by atoms with van der Waals surface area (Å²) >= 11 is 5.83. The first kappa shape index (κ1) is 26.8. The van der Waals surface area contributed by atoms with E-state index in [1.54, 1.807) is 0 Å². The van der Waals surface area contributed by atoms with E-state index >= 15 is 0 Å². The van der Waals surface area contributed by atoms with Crippen LogP contribution in [-0.2, 0) is 19.1 Å². The number of carbonyl (C=O) groups is 2. The predicted octanol–water partition coefficient (Wildman–Crippen LogP) is 6.06. The number of unbranched alkanes of at least 4 members (excludes halogenated alkanes) is 2. The van der Waals surface area contributed by atoms with Crippen LogP contribution in [0.25, 0.3) is 10.8 Å². The van der Waals surface area contributed by atoms with Gasteiger partial charge in [-0.15, -0.1) is 11.6 Å². The van der Waals surface area contributed by atoms with Crippen LogP contribution in [0.1, 0.15) is 59.8 Å². The summed E-state index contributed by atoms with van der Waals surface area (Å²) in [5.74, 6) is 1.27. The number of carbonyl (C=O) groups excluding carboxylic acids is 2. The minimum atomic E-state index is -0.433. The van der Waals surface area contributed by atoms with Crippen LogP contribution in [0, 0.1) is 0 Å². The third-order valence-electron chi connectivity index (χ3n) is 4.71. The average molecular weight is 479 g/mol. The molecule has 0 aliphatic heterocycles. The molecule has 0 saturated carbocycles. The van der Waals surface area contributed by atoms with Gasteiger partial charge in [0.05, 0.1) is 19.1 Å². The van der Waals surface area contributed by atoms with E-state index in [1.165, 1.54) is 6.92 Å². The highest BCUT2D eigenvalue weighted by molar-refractivity contribution is 6.18. The molecule has 0 aliphatic carbocycles. The van der Waals surface area contributed by atoms with Gasteiger partial charge in [-0.3, -0.25) is 9.59 Å². The van der Waals surface area contributed by atoms with E-state index in [2.05, 4.69) is 0 Å². The zero-order valence-corrected chi connectivity index (χ0v) is 20.8. The molecule has 0 amide bonds. The van der Waals surface area contributed by atoms with Gasteiger partial charge >= 0.3 is 11.9 Å². The maximum absolute atomic E-state index is 11.7. The number of alkyl halides is 1. The van der Waals surface area contributed by atoms with E-state index < -0.39 is 5.60 Å². The van der Waals surface area contributed by atoms with Gasteiger partial charge in [-0.2, -0.15) is 0 Å². The lowest BCUT2D eigenvalue weighted by Crippen LogP contribution is -2.23. The van der Waals surface area contributed by atoms with Gasteiger partial charge in [-0.1, -0.05) is 12.1 Å². The Bertz CT molecular complexity index is 905. The quantitative estimate of drug-likeness (QED) is 0.198. The number of benzene rings is 2. The molecule has 2 rings (SSSR count). The molecule has 0 aliphatic rings. The maximum atomic E-state index is 11.7. The van der Waals surface area contributed by atoms with Gasteiger partial charge in [0.1, 0.15) is 23.2 Å². The third kappa shape index (κ3) is 10.8. The normalized spacial score (nSPS) is 12.3. The van der Waals surface area contributed by atoms with Gasteiger partial charge in [0, 0.05) is 19.8 Å². The first-order chi connectivity index (χ1) is 15.7. The third-order valence-corrected chi connectivity index (χ3v) is 5.05. The molecule has 0 bridgehead atoms. The summed E-state index contributed by atoms with van der Waals surface area (Å²) in [5.41, 5.74) is -0.433. The van der Waals surface area contributed by atoms with Crippen molar-refractivity contribution in [2.24, 2.45) is 0 Å². The fourth-order valence-corrected chi connectivity index (χ4v) is 3.44. The molecule has 0 fully saturated rings. The van der Waals surface area contributed by atoms with Crippen LogP contribution in [0.2, 0.25) is 0 Å². The molecule has 7 heteroatoms. The van der Waals surface area contributed by atoms with Crippen LogP contribution < -0.4 is 9.47 Å². The number of halogens is 1. The summed E-state index contributed by atoms with van der Waals surface area (Å²) in [6.07, 6.45) is 3.17. The van der Waals surface area contributed by atoms with E-state index in [-0.39, 0.29) is 23.9 Å². The van der Waals surface area contributed by atoms with Crippen LogP contribution in [0.15, 0.2) is 36.4 Å². The number of esters is 2. The predicted molar refractivity (Wildman–Crippen MR) is 130 cm³/mol. The second kappa shape index (κ2) is 13.3. The number of fused-ring (bicyclic) bond motifs is 1. The Kier molecular flexibility index (Phi) is 10.8. The largest absolute Gasteiger partial charge is 0.494 e. The van der Waals surface area contributed by atoms with Crippen LogP contribution >= 0.6 is 11.6 Å². The van der Waals surface area contributed by atoms with E-state index in [0.717, 1.165) is 41.5 Å². The Morgan fingerprint density at radius 1 is 0.909 bits per heavy atom. The Balaban J connectivity index is 1.76. The van der Waals surface area contributed by atoms with Crippen LogP contribution in [-0.4, -0.2) is 42.7 Å². The van der Waals surface area contributed by atoms with Gasteiger partial charge in [0.2, 0.25) is 0 Å². The molecule has 2 aromatic carbocycles. The second-order valence-corrected chi connectivity index (χ2v) is 9.25. The van der Waals surface area contributed by atoms with Gasteiger partial charge in [-0.25, -0.2) is 0 Å². The van der Waals surface area contributed by atoms with E-state index in [9.17, 15) is 9.59 Å². The van der Waals surface area contributed by atoms with Crippen LogP contribution in [0.5, 0.6) is 11.5 Å². The summed E-state index contributed by atoms with van der Waals surface area (Å²) in [5, 5.41) is 2.11. The number of hydrogen-bond donors (Lipinski definition) is 0. The Morgan fingerprint density at radius 2 is 1.55 bits per heavy atom. The molecule has 0 radical (unpaired) electrons. The minimum Gasteiger partial charge on any atom is -0.494 e. The smallest absolute Gasteiger partial charge is 0.306 e. The highest BCUT2D eigenvalue weighted by Crippen LogP contribution is 2.25. The SMILES string of the molecule is CC(=O)O[C@H](CCl)CCOc1ccc2ccc(OCCCCCC(=O)OC(C)(C)C)cc2c1. The van der Waals surface area contributed by atoms with Crippen LogP contribution in [0.4, 0.5) is 0 Å². The molecule has 2 aromatic rings. The number of hydrogen-bond acceptors (Lipinski definition) is 6. The van der Waals surface area contributed by atoms with E-state index in [1.807, 2.05) is 57.2 Å². The topological polar surface area (TPSA) is 71.1 Å². The average Bonchev–Trinajstić information content (AvgIpc) is 2.73. The zero-order valence-electron chi connectivity index (χ0n) is 20.0. The standard InChI is InChI=1S/C26H35ClO6/c1-19(28)32-24(18-27)13-15-31-23-12-10-20-9-11-22(16-21(20)17-23)30-14-7-5-6-8-25(29)33-26(2,3)4/h9-12,16-17,24H,5-8,13-15,18H2,1-4H3/t24-/m0/s1. The molecule has 0 heterocycles. The fraction of sp³-hybridized carbons (Fsp3) is 0.538. The molecule has 6 nitrogen and oxygen atoms in total. The molecule has 0 saturated heterocycles. The highest BCUT2D eigenvalue weighted by Gasteiger charge is 2.15. The Morgan fingerprint density at radius 3 is 2.12 bits per heavy atom. The summed E-state index contributed by atoms with van der Waals surface area (Å²) in [6, 6.07) is 11.8. The Labute approximate surface area is 201 Å². The van der Waals surface area contributed by atoms with E-state index in [0.29, 0.717) is 26.1 Å². The van der Waals surface area contributed by atoms with Crippen LogP contribution in [0.3, 0.4) is 0 Å². The molecule has 182 valence electrons. The van der Waals surface area contributed by atoms with Crippen molar-refractivity contribution in [1.29, 1.82) is 0 Å². The van der Waals surface area contributed by atoms with Gasteiger partial charge in [0.25, 0.3) is 0 Å². The van der Waals surface area contributed by atoms with Crippen molar-refractivity contribution in [3.05, 3.63) is 36.4 Å². The van der Waals surface area contributed by atoms with Crippen molar-refractivity contribution in [1.82, 2.24) is 0 Å². The van der Waals surface area contributed by atoms with Gasteiger partial charge in [0.15, 0.2) is 0 Å². The molecule has 0 unspecified atom stereocenters. The van der Waals surface area contributed by atoms with Crippen molar-refractivity contribution in [2.75, 3.05) is 19.1 Å². The lowest BCUT2D eigenvalue weighted by molar-refractivity contribution is -0.155. The van der Waals surface area contributed by atoms with Crippen molar-refractivity contribution in [3.63, 3.8) is 0 Å². The van der Waals surface area contributed by atoms with Crippen molar-refractivity contribution in [2.45, 2.75) is 71.5 Å². The summed E-state index contributed by atoms with van der Waals surface area (Å²) in [6.45, 7) is 7.98. The molecular weight excluding hydrogens is 444 g/mol. The number of rotatable bonds is 13. The number of ether oxygens (including phenoxy) is 4. The molecule has 0 spiro atoms.